The van der Waals surface area contributed by atoms with Crippen molar-refractivity contribution >= 4 is 45.0 Å². The van der Waals surface area contributed by atoms with Crippen LogP contribution in [0.2, 0.25) is 5.02 Å². The molecular formula is C23H25ClN2O6S. The van der Waals surface area contributed by atoms with Crippen LogP contribution in [0.25, 0.3) is 0 Å². The minimum Gasteiger partial charge on any atom is -0.452 e. The number of para-hydroxylation sites is 1. The fourth-order valence-corrected chi connectivity index (χ4v) is 4.96. The molecule has 33 heavy (non-hydrogen) atoms. The van der Waals surface area contributed by atoms with E-state index in [1.807, 2.05) is 0 Å². The fourth-order valence-electron chi connectivity index (χ4n) is 4.09. The number of hydrogen-bond donors (Lipinski definition) is 1. The van der Waals surface area contributed by atoms with Crippen molar-refractivity contribution in [3.63, 3.8) is 0 Å². The zero-order valence-electron chi connectivity index (χ0n) is 18.3. The number of carbonyl (C=O) groups is 3. The molecule has 176 valence electrons. The van der Waals surface area contributed by atoms with Gasteiger partial charge in [0.25, 0.3) is 5.91 Å². The molecule has 0 radical (unpaired) electrons. The number of ether oxygens (including phenoxy) is 1. The van der Waals surface area contributed by atoms with Crippen molar-refractivity contribution in [3.8, 4) is 0 Å². The summed E-state index contributed by atoms with van der Waals surface area (Å²) in [5, 5.41) is 0.380. The molecule has 0 saturated heterocycles. The third kappa shape index (κ3) is 5.36. The van der Waals surface area contributed by atoms with E-state index in [1.54, 1.807) is 36.4 Å². The van der Waals surface area contributed by atoms with Gasteiger partial charge in [-0.2, -0.15) is 0 Å². The number of amides is 1. The summed E-state index contributed by atoms with van der Waals surface area (Å²) in [7, 11) is -2.12. The average molecular weight is 493 g/mol. The zero-order valence-corrected chi connectivity index (χ0v) is 19.9. The maximum absolute atomic E-state index is 13.1. The van der Waals surface area contributed by atoms with Gasteiger partial charge in [-0.1, -0.05) is 41.9 Å². The number of hydrogen-bond acceptors (Lipinski definition) is 6. The van der Waals surface area contributed by atoms with Crippen LogP contribution in [0.4, 0.5) is 5.69 Å². The highest BCUT2D eigenvalue weighted by Gasteiger charge is 2.48. The van der Waals surface area contributed by atoms with Crippen molar-refractivity contribution in [2.75, 3.05) is 24.6 Å². The van der Waals surface area contributed by atoms with E-state index in [0.717, 1.165) is 19.1 Å². The number of nitrogens with one attached hydrogen (secondary N) is 1. The molecule has 0 bridgehead atoms. The second-order valence-electron chi connectivity index (χ2n) is 7.92. The largest absolute Gasteiger partial charge is 0.452 e. The second kappa shape index (κ2) is 9.93. The van der Waals surface area contributed by atoms with Gasteiger partial charge in [0.1, 0.15) is 5.54 Å². The molecule has 2 aromatic carbocycles. The third-order valence-corrected chi connectivity index (χ3v) is 6.61. The Morgan fingerprint density at radius 3 is 2.45 bits per heavy atom. The van der Waals surface area contributed by atoms with E-state index >= 15 is 0 Å². The Morgan fingerprint density at radius 2 is 1.79 bits per heavy atom. The molecule has 0 spiro atoms. The summed E-state index contributed by atoms with van der Waals surface area (Å²) >= 11 is 6.41. The Kier molecular flexibility index (Phi) is 7.44. The predicted molar refractivity (Wildman–Crippen MR) is 125 cm³/mol. The third-order valence-electron chi connectivity index (χ3n) is 5.69. The molecule has 0 aliphatic heterocycles. The first kappa shape index (κ1) is 24.7. The maximum Gasteiger partial charge on any atom is 0.340 e. The Bertz CT molecular complexity index is 1180. The molecule has 2 aromatic rings. The predicted octanol–water partition coefficient (Wildman–Crippen LogP) is 3.37. The lowest BCUT2D eigenvalue weighted by Crippen LogP contribution is -2.55. The quantitative estimate of drug-likeness (QED) is 0.593. The molecule has 1 amide bonds. The number of Topliss-reactive ketones (excluding diaryl/α,β-unsaturated/α-hetero) is 1. The summed E-state index contributed by atoms with van der Waals surface area (Å²) in [6.07, 6.45) is 3.15. The first-order valence-corrected chi connectivity index (χ1v) is 12.6. The van der Waals surface area contributed by atoms with Crippen LogP contribution in [0.5, 0.6) is 0 Å². The number of carbonyl (C=O) groups excluding carboxylic acids is 3. The van der Waals surface area contributed by atoms with Crippen LogP contribution >= 0.6 is 11.6 Å². The van der Waals surface area contributed by atoms with Gasteiger partial charge in [-0.3, -0.25) is 14.3 Å². The molecule has 3 rings (SSSR count). The van der Waals surface area contributed by atoms with E-state index < -0.39 is 34.0 Å². The lowest BCUT2D eigenvalue weighted by atomic mass is 9.74. The van der Waals surface area contributed by atoms with Crippen LogP contribution in [0.3, 0.4) is 0 Å². The average Bonchev–Trinajstić information content (AvgIpc) is 2.77. The molecule has 8 nitrogen and oxygen atoms in total. The van der Waals surface area contributed by atoms with Crippen LogP contribution in [-0.2, 0) is 29.9 Å². The van der Waals surface area contributed by atoms with Crippen molar-refractivity contribution in [1.29, 1.82) is 0 Å². The van der Waals surface area contributed by atoms with E-state index in [4.69, 9.17) is 16.3 Å². The molecular weight excluding hydrogens is 468 g/mol. The molecule has 10 heteroatoms. The molecule has 1 aliphatic carbocycles. The topological polar surface area (TPSA) is 110 Å². The normalized spacial score (nSPS) is 18.5. The van der Waals surface area contributed by atoms with Gasteiger partial charge in [-0.05, 0) is 37.5 Å². The van der Waals surface area contributed by atoms with Crippen molar-refractivity contribution < 1.29 is 27.5 Å². The first-order chi connectivity index (χ1) is 15.6. The standard InChI is InChI=1S/C23H25ClN2O6S/c1-26(23(14-8-7-13-20(23)27)17-10-4-5-11-18(17)24)21(28)15-32-22(29)16-9-3-6-12-19(16)25-33(2,30)31/h3-6,9-12,25H,7-8,13-15H2,1-2H3/t23-/m0/s1. The highest BCUT2D eigenvalue weighted by atomic mass is 35.5. The van der Waals surface area contributed by atoms with Gasteiger partial charge in [0.15, 0.2) is 12.4 Å². The van der Waals surface area contributed by atoms with Gasteiger partial charge in [0, 0.05) is 24.1 Å². The number of ketones is 1. The van der Waals surface area contributed by atoms with Crippen LogP contribution in [0.15, 0.2) is 48.5 Å². The second-order valence-corrected chi connectivity index (χ2v) is 10.1. The smallest absolute Gasteiger partial charge is 0.340 e. The van der Waals surface area contributed by atoms with Gasteiger partial charge in [0.2, 0.25) is 10.0 Å². The van der Waals surface area contributed by atoms with E-state index in [1.165, 1.54) is 24.1 Å². The summed E-state index contributed by atoms with van der Waals surface area (Å²) in [6.45, 7) is -0.623. The number of halogens is 1. The Hall–Kier alpha value is -2.91. The highest BCUT2D eigenvalue weighted by Crippen LogP contribution is 2.42. The Balaban J connectivity index is 1.82. The summed E-state index contributed by atoms with van der Waals surface area (Å²) in [5.41, 5.74) is -0.689. The van der Waals surface area contributed by atoms with Gasteiger partial charge in [-0.15, -0.1) is 0 Å². The van der Waals surface area contributed by atoms with Crippen LogP contribution in [-0.4, -0.2) is 50.9 Å². The SMILES string of the molecule is CN(C(=O)COC(=O)c1ccccc1NS(C)(=O)=O)[C@]1(c2ccccc2Cl)CCCCC1=O. The van der Waals surface area contributed by atoms with Crippen LogP contribution in [0, 0.1) is 0 Å². The van der Waals surface area contributed by atoms with Gasteiger partial charge in [-0.25, -0.2) is 13.2 Å². The summed E-state index contributed by atoms with van der Waals surface area (Å²) in [6, 6.07) is 12.8. The molecule has 1 fully saturated rings. The molecule has 0 unspecified atom stereocenters. The molecule has 1 atom stereocenters. The molecule has 0 aromatic heterocycles. The van der Waals surface area contributed by atoms with Crippen molar-refractivity contribution in [1.82, 2.24) is 4.90 Å². The fraction of sp³-hybridized carbons (Fsp3) is 0.348. The highest BCUT2D eigenvalue weighted by molar-refractivity contribution is 7.92. The number of anilines is 1. The Labute approximate surface area is 197 Å². The molecule has 1 saturated carbocycles. The van der Waals surface area contributed by atoms with Crippen molar-refractivity contribution in [2.45, 2.75) is 31.2 Å². The monoisotopic (exact) mass is 492 g/mol. The van der Waals surface area contributed by atoms with Gasteiger partial charge >= 0.3 is 5.97 Å². The van der Waals surface area contributed by atoms with Crippen LogP contribution in [0.1, 0.15) is 41.6 Å². The number of benzene rings is 2. The summed E-state index contributed by atoms with van der Waals surface area (Å²) in [5.74, 6) is -1.57. The van der Waals surface area contributed by atoms with Crippen LogP contribution < -0.4 is 4.72 Å². The van der Waals surface area contributed by atoms with E-state index in [9.17, 15) is 22.8 Å². The number of nitrogens with zero attached hydrogens (tertiary/aromatic N) is 1. The van der Waals surface area contributed by atoms with Gasteiger partial charge < -0.3 is 9.64 Å². The van der Waals surface area contributed by atoms with Crippen molar-refractivity contribution in [2.24, 2.45) is 0 Å². The number of likely N-dealkylation sites (N-methyl/N-ethyl adjacent to an activating group) is 1. The molecule has 1 aliphatic rings. The zero-order chi connectivity index (χ0) is 24.2. The lowest BCUT2D eigenvalue weighted by molar-refractivity contribution is -0.150. The maximum atomic E-state index is 13.1. The van der Waals surface area contributed by atoms with E-state index in [-0.39, 0.29) is 17.0 Å². The minimum absolute atomic E-state index is 0.0343. The number of rotatable bonds is 7. The van der Waals surface area contributed by atoms with Crippen molar-refractivity contribution in [3.05, 3.63) is 64.7 Å². The van der Waals surface area contributed by atoms with Gasteiger partial charge in [0.05, 0.1) is 17.5 Å². The number of esters is 1. The first-order valence-electron chi connectivity index (χ1n) is 10.3. The molecule has 1 N–H and O–H groups in total. The lowest BCUT2D eigenvalue weighted by Gasteiger charge is -2.43. The van der Waals surface area contributed by atoms with E-state index in [0.29, 0.717) is 23.4 Å². The summed E-state index contributed by atoms with van der Waals surface area (Å²) < 4.78 is 30.6. The number of sulfonamides is 1. The Morgan fingerprint density at radius 1 is 1.12 bits per heavy atom. The minimum atomic E-state index is -3.62. The molecule has 0 heterocycles. The summed E-state index contributed by atoms with van der Waals surface area (Å²) in [4.78, 5) is 40.1. The van der Waals surface area contributed by atoms with E-state index in [2.05, 4.69) is 4.72 Å².